The zero-order valence-electron chi connectivity index (χ0n) is 81.4. The number of aliphatic hydroxyl groups excluding tert-OH is 1. The molecule has 0 bridgehead atoms. The van der Waals surface area contributed by atoms with Gasteiger partial charge in [-0.05, 0) is 190 Å². The molecule has 118 heavy (non-hydrogen) atoms. The maximum Gasteiger partial charge on any atom is 0.0644 e. The van der Waals surface area contributed by atoms with Crippen LogP contribution in [-0.2, 0) is 37.9 Å². The molecule has 4 fully saturated rings. The molecule has 4 aliphatic carbocycles. The lowest BCUT2D eigenvalue weighted by Gasteiger charge is -2.26. The van der Waals surface area contributed by atoms with Crippen molar-refractivity contribution in [3.63, 3.8) is 0 Å². The van der Waals surface area contributed by atoms with Crippen molar-refractivity contribution >= 4 is 0 Å². The molecule has 4 aromatic rings. The van der Waals surface area contributed by atoms with Gasteiger partial charge in [-0.3, -0.25) is 0 Å². The summed E-state index contributed by atoms with van der Waals surface area (Å²) in [5.41, 5.74) is 2.64. The van der Waals surface area contributed by atoms with E-state index in [1.807, 2.05) is 219 Å². The molecule has 9 heteroatoms. The summed E-state index contributed by atoms with van der Waals surface area (Å²) >= 11 is 0. The molecule has 0 aliphatic heterocycles. The average Bonchev–Trinajstić information content (AvgIpc) is 1.75. The van der Waals surface area contributed by atoms with Crippen molar-refractivity contribution in [3.05, 3.63) is 208 Å². The van der Waals surface area contributed by atoms with Gasteiger partial charge in [0.15, 0.2) is 0 Å². The number of benzene rings is 4. The summed E-state index contributed by atoms with van der Waals surface area (Å²) in [4.78, 5) is 0. The van der Waals surface area contributed by atoms with Crippen LogP contribution in [0.4, 0.5) is 0 Å². The topological polar surface area (TPSA) is 94.1 Å². The Bertz CT molecular complexity index is 2280. The third-order valence-electron chi connectivity index (χ3n) is 20.3. The van der Waals surface area contributed by atoms with E-state index < -0.39 is 0 Å². The maximum absolute atomic E-state index is 7.76. The lowest BCUT2D eigenvalue weighted by atomic mass is 9.88. The molecule has 0 spiro atoms. The molecule has 0 heterocycles. The monoisotopic (exact) mass is 1650 g/mol. The Morgan fingerprint density at radius 3 is 0.839 bits per heavy atom. The first-order valence-corrected chi connectivity index (χ1v) is 46.9. The van der Waals surface area contributed by atoms with E-state index >= 15 is 0 Å². The average molecular weight is 1650 g/mol. The molecule has 1 N–H and O–H groups in total. The lowest BCUT2D eigenvalue weighted by Crippen LogP contribution is -2.22. The Kier molecular flexibility index (Phi) is 116. The van der Waals surface area contributed by atoms with Crippen LogP contribution in [0.3, 0.4) is 0 Å². The SMILES string of the molecule is C.C=CCO.C=CCOCC.C=CCOCC.C=CCOCC1CCCC(C)CC(C)CCC(C)C1.C=CCOCC1CCCC(OC)CCC(C)CCC(OC)C1.CC.CC.CC.CC.CC1CCCCC(C)CC(C)C1.COC1CCCCC(OC)CC(C)C1.Cc1ccccc1.Cc1ccccc1.c1ccccc1.c1ccccc1. The predicted octanol–water partition coefficient (Wildman–Crippen LogP) is 32.0. The molecule has 4 aromatic carbocycles. The molecule has 4 aliphatic rings. The molecule has 0 amide bonds. The standard InChI is InChI=1S/C19H36O3.C18H34O.C12H24O2.C12H24.2C7H8.2C6H6.2C5H10O.C3H6O.4C2H6.CH4/c1-5-13-22-15-17-7-6-8-18(20-3)11-9-16(2)10-12-19(14-17)21-4;1-5-11-19-14-18-8-6-7-15(2)12-16(3)9-10-17(4)13-18;1-10-8-11(13-2)6-4-5-7-12(9-10)14-3;1-10-6-4-5-7-11(2)9-12(3)8-10;2*1-7-5-3-2-4-6-7;2*1-2-4-6-5-3-1;2*1-3-5-6-4-2;1-2-3-4;4*1-2;/h5,16-19H,1,6-15H2,2-4H3;5,15-18H,1,6-14H2,2-4H3;10-12H,4-9H2,1-3H3;10-12H,4-9H2,1-3H3;2*2-6H,1H3;2*1-6H;2*3H,1,4-5H2,2H3;2,4H,1,3H2;4*1-2H3;1H4. The smallest absolute Gasteiger partial charge is 0.0644 e. The van der Waals surface area contributed by atoms with Crippen LogP contribution in [-0.4, -0.2) is 117 Å². The highest BCUT2D eigenvalue weighted by molar-refractivity contribution is 5.12. The largest absolute Gasteiger partial charge is 0.392 e. The molecule has 0 saturated heterocycles. The first kappa shape index (κ1) is 129. The third-order valence-corrected chi connectivity index (χ3v) is 20.3. The zero-order valence-corrected chi connectivity index (χ0v) is 81.4. The predicted molar refractivity (Wildman–Crippen MR) is 528 cm³/mol. The number of hydrogen-bond acceptors (Lipinski definition) is 9. The van der Waals surface area contributed by atoms with E-state index in [9.17, 15) is 0 Å². The van der Waals surface area contributed by atoms with Gasteiger partial charge in [0.05, 0.1) is 57.5 Å². The lowest BCUT2D eigenvalue weighted by molar-refractivity contribution is 0.0334. The fraction of sp³-hybridized carbons (Fsp3) is 0.688. The number of rotatable bonds is 19. The van der Waals surface area contributed by atoms with Crippen molar-refractivity contribution in [3.8, 4) is 0 Å². The maximum atomic E-state index is 7.76. The number of hydrogen-bond donors (Lipinski definition) is 1. The quantitative estimate of drug-likeness (QED) is 0.0728. The molecule has 690 valence electrons. The Balaban J connectivity index is -0.000000193. The highest BCUT2D eigenvalue weighted by Gasteiger charge is 2.23. The highest BCUT2D eigenvalue weighted by atomic mass is 16.5. The zero-order chi connectivity index (χ0) is 89.4. The second kappa shape index (κ2) is 106. The molecule has 12 atom stereocenters. The van der Waals surface area contributed by atoms with E-state index in [0.29, 0.717) is 56.8 Å². The van der Waals surface area contributed by atoms with Crippen LogP contribution < -0.4 is 0 Å². The second-order valence-corrected chi connectivity index (χ2v) is 31.5. The minimum absolute atomic E-state index is 0. The van der Waals surface area contributed by atoms with Crippen LogP contribution in [0.5, 0.6) is 0 Å². The summed E-state index contributed by atoms with van der Waals surface area (Å²) in [5.74, 6) is 8.40. The molecule has 4 saturated carbocycles. The Labute approximate surface area is 737 Å². The summed E-state index contributed by atoms with van der Waals surface area (Å²) in [6.45, 7) is 67.1. The van der Waals surface area contributed by atoms with Crippen LogP contribution in [0.15, 0.2) is 197 Å². The molecule has 0 aromatic heterocycles. The van der Waals surface area contributed by atoms with Gasteiger partial charge < -0.3 is 43.0 Å². The van der Waals surface area contributed by atoms with Gasteiger partial charge in [0.2, 0.25) is 0 Å². The van der Waals surface area contributed by atoms with E-state index in [4.69, 9.17) is 43.0 Å². The van der Waals surface area contributed by atoms with Crippen LogP contribution >= 0.6 is 0 Å². The summed E-state index contributed by atoms with van der Waals surface area (Å²) in [7, 11) is 7.38. The van der Waals surface area contributed by atoms with Gasteiger partial charge in [0.25, 0.3) is 0 Å². The van der Waals surface area contributed by atoms with Crippen molar-refractivity contribution < 1.29 is 43.0 Å². The van der Waals surface area contributed by atoms with E-state index in [-0.39, 0.29) is 14.0 Å². The summed E-state index contributed by atoms with van der Waals surface area (Å²) in [6, 6.07) is 44.5. The van der Waals surface area contributed by atoms with Crippen molar-refractivity contribution in [2.24, 2.45) is 59.2 Å². The van der Waals surface area contributed by atoms with Crippen molar-refractivity contribution in [2.75, 3.05) is 87.9 Å². The van der Waals surface area contributed by atoms with Gasteiger partial charge in [-0.1, -0.05) is 364 Å². The number of methoxy groups -OCH3 is 4. The van der Waals surface area contributed by atoms with Gasteiger partial charge in [0.1, 0.15) is 0 Å². The first-order chi connectivity index (χ1) is 56.8. The number of aryl methyl sites for hydroxylation is 2. The molecule has 0 radical (unpaired) electrons. The van der Waals surface area contributed by atoms with Crippen LogP contribution in [0.25, 0.3) is 0 Å². The fourth-order valence-corrected chi connectivity index (χ4v) is 14.2. The van der Waals surface area contributed by atoms with Gasteiger partial charge in [-0.15, -0.1) is 32.9 Å². The minimum Gasteiger partial charge on any atom is -0.392 e. The minimum atomic E-state index is 0. The molecular weight excluding hydrogens is 1450 g/mol. The molecular formula is C109H200O9. The van der Waals surface area contributed by atoms with Crippen LogP contribution in [0.2, 0.25) is 0 Å². The summed E-state index contributed by atoms with van der Waals surface area (Å²) < 4.78 is 43.5. The summed E-state index contributed by atoms with van der Waals surface area (Å²) in [5, 5.41) is 7.76. The van der Waals surface area contributed by atoms with Gasteiger partial charge in [-0.25, -0.2) is 0 Å². The van der Waals surface area contributed by atoms with Crippen LogP contribution in [0.1, 0.15) is 317 Å². The summed E-state index contributed by atoms with van der Waals surface area (Å²) in [6.07, 6.45) is 45.8. The van der Waals surface area contributed by atoms with Gasteiger partial charge in [-0.2, -0.15) is 0 Å². The first-order valence-electron chi connectivity index (χ1n) is 46.9. The van der Waals surface area contributed by atoms with Gasteiger partial charge in [0, 0.05) is 54.9 Å². The third kappa shape index (κ3) is 98.3. The Hall–Kier alpha value is -4.78. The van der Waals surface area contributed by atoms with E-state index in [0.717, 1.165) is 92.5 Å². The van der Waals surface area contributed by atoms with Crippen molar-refractivity contribution in [1.29, 1.82) is 0 Å². The van der Waals surface area contributed by atoms with Gasteiger partial charge >= 0.3 is 0 Å². The highest BCUT2D eigenvalue weighted by Crippen LogP contribution is 2.32. The van der Waals surface area contributed by atoms with Crippen LogP contribution in [0, 0.1) is 73.0 Å². The van der Waals surface area contributed by atoms with E-state index in [2.05, 4.69) is 126 Å². The molecule has 12 unspecified atom stereocenters. The second-order valence-electron chi connectivity index (χ2n) is 31.5. The number of ether oxygens (including phenoxy) is 8. The molecule has 9 nitrogen and oxygen atoms in total. The fourth-order valence-electron chi connectivity index (χ4n) is 14.2. The van der Waals surface area contributed by atoms with E-state index in [1.165, 1.54) is 178 Å². The Morgan fingerprint density at radius 1 is 0.288 bits per heavy atom. The Morgan fingerprint density at radius 2 is 0.534 bits per heavy atom. The van der Waals surface area contributed by atoms with Crippen molar-refractivity contribution in [1.82, 2.24) is 0 Å². The molecule has 8 rings (SSSR count). The van der Waals surface area contributed by atoms with Crippen molar-refractivity contribution in [2.45, 2.75) is 344 Å². The normalized spacial score (nSPS) is 22.9. The number of aliphatic hydroxyl groups is 1. The van der Waals surface area contributed by atoms with E-state index in [1.54, 1.807) is 12.2 Å².